The summed E-state index contributed by atoms with van der Waals surface area (Å²) in [7, 11) is 0. The SMILES string of the molecule is CCC(COC(=O)CCN1C[C@H]1C)(COC(=O)CCN1C[C@@H]1C)OC(=O)CCN1C[C@@H]1C. The van der Waals surface area contributed by atoms with Crippen molar-refractivity contribution in [2.75, 3.05) is 52.5 Å². The zero-order chi connectivity index (χ0) is 23.3. The summed E-state index contributed by atoms with van der Waals surface area (Å²) in [5.74, 6) is -1.04. The summed E-state index contributed by atoms with van der Waals surface area (Å²) >= 11 is 0. The van der Waals surface area contributed by atoms with Gasteiger partial charge in [0.2, 0.25) is 0 Å². The van der Waals surface area contributed by atoms with Gasteiger partial charge in [0.05, 0.1) is 19.3 Å². The van der Waals surface area contributed by atoms with Gasteiger partial charge in [0, 0.05) is 57.4 Å². The van der Waals surface area contributed by atoms with Gasteiger partial charge in [-0.1, -0.05) is 6.92 Å². The van der Waals surface area contributed by atoms with Crippen LogP contribution >= 0.6 is 0 Å². The Hall–Kier alpha value is -1.71. The lowest BCUT2D eigenvalue weighted by Gasteiger charge is -2.31. The van der Waals surface area contributed by atoms with Crippen LogP contribution in [-0.2, 0) is 28.6 Å². The van der Waals surface area contributed by atoms with Crippen molar-refractivity contribution in [3.05, 3.63) is 0 Å². The van der Waals surface area contributed by atoms with Crippen molar-refractivity contribution < 1.29 is 28.6 Å². The Bertz CT molecular complexity index is 651. The van der Waals surface area contributed by atoms with E-state index in [-0.39, 0.29) is 37.5 Å². The third kappa shape index (κ3) is 8.01. The van der Waals surface area contributed by atoms with Gasteiger partial charge in [-0.15, -0.1) is 0 Å². The van der Waals surface area contributed by atoms with Crippen LogP contribution in [0.3, 0.4) is 0 Å². The summed E-state index contributed by atoms with van der Waals surface area (Å²) in [5, 5.41) is 0. The van der Waals surface area contributed by atoms with Crippen LogP contribution in [0.1, 0.15) is 53.4 Å². The van der Waals surface area contributed by atoms with E-state index < -0.39 is 5.60 Å². The van der Waals surface area contributed by atoms with E-state index in [1.54, 1.807) is 0 Å². The van der Waals surface area contributed by atoms with E-state index in [0.29, 0.717) is 57.0 Å². The summed E-state index contributed by atoms with van der Waals surface area (Å²) in [4.78, 5) is 43.5. The molecule has 3 fully saturated rings. The second-order valence-corrected chi connectivity index (χ2v) is 9.61. The molecule has 0 aliphatic carbocycles. The van der Waals surface area contributed by atoms with Gasteiger partial charge in [-0.3, -0.25) is 29.1 Å². The quantitative estimate of drug-likeness (QED) is 0.205. The van der Waals surface area contributed by atoms with Gasteiger partial charge in [0.25, 0.3) is 0 Å². The van der Waals surface area contributed by atoms with Crippen LogP contribution in [0.2, 0.25) is 0 Å². The zero-order valence-corrected chi connectivity index (χ0v) is 20.0. The molecule has 0 bridgehead atoms. The number of ether oxygens (including phenoxy) is 3. The highest BCUT2D eigenvalue weighted by Crippen LogP contribution is 2.22. The number of carbonyl (C=O) groups excluding carboxylic acids is 3. The summed E-state index contributed by atoms with van der Waals surface area (Å²) in [6.07, 6.45) is 1.22. The van der Waals surface area contributed by atoms with E-state index in [1.165, 1.54) is 0 Å². The summed E-state index contributed by atoms with van der Waals surface area (Å²) in [6, 6.07) is 1.56. The Balaban J connectivity index is 1.48. The van der Waals surface area contributed by atoms with Crippen molar-refractivity contribution in [1.82, 2.24) is 14.7 Å². The van der Waals surface area contributed by atoms with Crippen molar-refractivity contribution in [1.29, 1.82) is 0 Å². The Kier molecular flexibility index (Phi) is 8.52. The average Bonchev–Trinajstić information content (AvgIpc) is 3.70. The normalized spacial score (nSPS) is 31.9. The number of esters is 3. The van der Waals surface area contributed by atoms with Crippen LogP contribution in [0.5, 0.6) is 0 Å². The molecule has 0 aromatic rings. The molecule has 32 heavy (non-hydrogen) atoms. The molecule has 9 nitrogen and oxygen atoms in total. The molecule has 0 aromatic carbocycles. The summed E-state index contributed by atoms with van der Waals surface area (Å²) in [5.41, 5.74) is -1.16. The second-order valence-electron chi connectivity index (χ2n) is 9.61. The molecule has 0 N–H and O–H groups in total. The lowest BCUT2D eigenvalue weighted by Crippen LogP contribution is -2.45. The lowest BCUT2D eigenvalue weighted by atomic mass is 10.0. The highest BCUT2D eigenvalue weighted by atomic mass is 16.6. The first-order chi connectivity index (χ1) is 15.2. The van der Waals surface area contributed by atoms with Gasteiger partial charge < -0.3 is 14.2 Å². The molecule has 7 atom stereocenters. The van der Waals surface area contributed by atoms with Crippen LogP contribution in [0, 0.1) is 0 Å². The fraction of sp³-hybridized carbons (Fsp3) is 0.870. The standard InChI is InChI=1S/C23H39N3O6/c1-5-23(32-22(29)8-11-26-14-19(26)4,15-30-20(27)6-9-24-12-17(24)2)16-31-21(28)7-10-25-13-18(25)3/h17-19H,5-16H2,1-4H3/t17-,18+,19-,23?,24?,25?,26?/m0/s1. The highest BCUT2D eigenvalue weighted by molar-refractivity contribution is 5.72. The van der Waals surface area contributed by atoms with E-state index in [2.05, 4.69) is 35.5 Å². The third-order valence-electron chi connectivity index (χ3n) is 6.74. The molecular formula is C23H39N3O6. The van der Waals surface area contributed by atoms with Gasteiger partial charge in [-0.2, -0.15) is 0 Å². The Morgan fingerprint density at radius 3 is 1.38 bits per heavy atom. The fourth-order valence-corrected chi connectivity index (χ4v) is 3.75. The monoisotopic (exact) mass is 453 g/mol. The molecule has 4 unspecified atom stereocenters. The van der Waals surface area contributed by atoms with Crippen molar-refractivity contribution >= 4 is 17.9 Å². The molecule has 182 valence electrons. The number of hydrogen-bond donors (Lipinski definition) is 0. The van der Waals surface area contributed by atoms with E-state index in [4.69, 9.17) is 14.2 Å². The molecule has 0 spiro atoms. The van der Waals surface area contributed by atoms with Crippen molar-refractivity contribution in [2.45, 2.75) is 77.1 Å². The minimum Gasteiger partial charge on any atom is -0.461 e. The first kappa shape index (κ1) is 24.9. The molecular weight excluding hydrogens is 414 g/mol. The fourth-order valence-electron chi connectivity index (χ4n) is 3.75. The molecule has 0 aromatic heterocycles. The summed E-state index contributed by atoms with van der Waals surface area (Å²) < 4.78 is 16.7. The Morgan fingerprint density at radius 2 is 1.06 bits per heavy atom. The predicted molar refractivity (Wildman–Crippen MR) is 118 cm³/mol. The molecule has 3 aliphatic rings. The Labute approximate surface area is 191 Å². The first-order valence-corrected chi connectivity index (χ1v) is 12.0. The first-order valence-electron chi connectivity index (χ1n) is 12.0. The number of nitrogens with zero attached hydrogens (tertiary/aromatic N) is 3. The maximum Gasteiger partial charge on any atom is 0.307 e. The largest absolute Gasteiger partial charge is 0.461 e. The molecule has 0 radical (unpaired) electrons. The second kappa shape index (κ2) is 10.9. The van der Waals surface area contributed by atoms with E-state index in [1.807, 2.05) is 6.92 Å². The van der Waals surface area contributed by atoms with Gasteiger partial charge in [-0.25, -0.2) is 0 Å². The van der Waals surface area contributed by atoms with E-state index in [9.17, 15) is 14.4 Å². The van der Waals surface area contributed by atoms with Crippen LogP contribution in [-0.4, -0.2) is 109 Å². The van der Waals surface area contributed by atoms with Gasteiger partial charge in [0.1, 0.15) is 13.2 Å². The maximum absolute atomic E-state index is 12.5. The predicted octanol–water partition coefficient (Wildman–Crippen LogP) is 1.05. The smallest absolute Gasteiger partial charge is 0.307 e. The molecule has 3 aliphatic heterocycles. The maximum atomic E-state index is 12.5. The van der Waals surface area contributed by atoms with Gasteiger partial charge >= 0.3 is 17.9 Å². The molecule has 9 heteroatoms. The number of carbonyl (C=O) groups is 3. The number of rotatable bonds is 15. The van der Waals surface area contributed by atoms with Crippen molar-refractivity contribution in [3.63, 3.8) is 0 Å². The minimum atomic E-state index is -1.16. The molecule has 0 saturated carbocycles. The lowest BCUT2D eigenvalue weighted by molar-refractivity contribution is -0.185. The topological polar surface area (TPSA) is 87.9 Å². The van der Waals surface area contributed by atoms with Gasteiger partial charge in [0.15, 0.2) is 5.60 Å². The number of hydrogen-bond acceptors (Lipinski definition) is 9. The Morgan fingerprint density at radius 1 is 0.719 bits per heavy atom. The highest BCUT2D eigenvalue weighted by Gasteiger charge is 2.38. The third-order valence-corrected chi connectivity index (χ3v) is 6.74. The van der Waals surface area contributed by atoms with E-state index >= 15 is 0 Å². The van der Waals surface area contributed by atoms with Crippen molar-refractivity contribution in [3.8, 4) is 0 Å². The van der Waals surface area contributed by atoms with Crippen LogP contribution < -0.4 is 0 Å². The van der Waals surface area contributed by atoms with Crippen LogP contribution in [0.4, 0.5) is 0 Å². The molecule has 3 heterocycles. The van der Waals surface area contributed by atoms with Crippen LogP contribution in [0.25, 0.3) is 0 Å². The average molecular weight is 454 g/mol. The van der Waals surface area contributed by atoms with E-state index in [0.717, 1.165) is 19.6 Å². The molecule has 3 rings (SSSR count). The summed E-state index contributed by atoms with van der Waals surface area (Å²) in [6.45, 7) is 12.9. The zero-order valence-electron chi connectivity index (χ0n) is 20.0. The minimum absolute atomic E-state index is 0.111. The van der Waals surface area contributed by atoms with Crippen LogP contribution in [0.15, 0.2) is 0 Å². The molecule has 0 amide bonds. The molecule has 3 saturated heterocycles. The van der Waals surface area contributed by atoms with Crippen molar-refractivity contribution in [2.24, 2.45) is 0 Å². The van der Waals surface area contributed by atoms with Gasteiger partial charge in [-0.05, 0) is 27.2 Å².